The summed E-state index contributed by atoms with van der Waals surface area (Å²) in [6, 6.07) is 1.43. The van der Waals surface area contributed by atoms with E-state index in [9.17, 15) is 18.1 Å². The van der Waals surface area contributed by atoms with E-state index in [0.29, 0.717) is 16.7 Å². The van der Waals surface area contributed by atoms with Crippen molar-refractivity contribution in [3.8, 4) is 0 Å². The Morgan fingerprint density at radius 2 is 2.03 bits per heavy atom. The molecule has 0 N–H and O–H groups in total. The van der Waals surface area contributed by atoms with Crippen molar-refractivity contribution in [1.82, 2.24) is 9.55 Å². The first-order chi connectivity index (χ1) is 13.8. The van der Waals surface area contributed by atoms with Crippen LogP contribution in [0.5, 0.6) is 0 Å². The van der Waals surface area contributed by atoms with Crippen LogP contribution in [0.4, 0.5) is 8.78 Å². The molecule has 8 nitrogen and oxygen atoms in total. The Hall–Kier alpha value is -1.19. The van der Waals surface area contributed by atoms with Gasteiger partial charge in [0.05, 0.1) is 13.2 Å². The summed E-state index contributed by atoms with van der Waals surface area (Å²) in [5.41, 5.74) is -0.464. The highest BCUT2D eigenvalue weighted by Crippen LogP contribution is 2.59. The van der Waals surface area contributed by atoms with Gasteiger partial charge in [0.25, 0.3) is 0 Å². The fraction of sp³-hybridized carbons (Fsp3) is 0.778. The topological polar surface area (TPSA) is 88.9 Å². The lowest BCUT2D eigenvalue weighted by Gasteiger charge is -2.31. The van der Waals surface area contributed by atoms with E-state index >= 15 is 0 Å². The number of nitrogens with zero attached hydrogens (tertiary/aromatic N) is 2. The summed E-state index contributed by atoms with van der Waals surface area (Å²) in [6.07, 6.45) is 2.20. The molecule has 164 valence electrons. The minimum absolute atomic E-state index is 0.0952. The lowest BCUT2D eigenvalue weighted by molar-refractivity contribution is -0.138. The maximum Gasteiger partial charge on any atom is 0.475 e. The van der Waals surface area contributed by atoms with E-state index in [4.69, 9.17) is 18.3 Å². The number of halogens is 2. The van der Waals surface area contributed by atoms with Crippen LogP contribution in [0.1, 0.15) is 57.4 Å². The summed E-state index contributed by atoms with van der Waals surface area (Å²) < 4.78 is 63.9. The van der Waals surface area contributed by atoms with Crippen LogP contribution in [0, 0.1) is 6.92 Å². The largest absolute Gasteiger partial charge is 0.475 e. The number of ether oxygens (including phenoxy) is 1. The van der Waals surface area contributed by atoms with E-state index in [1.54, 1.807) is 6.92 Å². The molecule has 2 aliphatic rings. The van der Waals surface area contributed by atoms with Crippen LogP contribution in [-0.2, 0) is 22.9 Å². The van der Waals surface area contributed by atoms with Crippen molar-refractivity contribution in [1.29, 1.82) is 0 Å². The molecule has 0 saturated carbocycles. The van der Waals surface area contributed by atoms with Crippen molar-refractivity contribution in [2.75, 3.05) is 13.2 Å². The number of phosphoric ester groups is 1. The predicted octanol–water partition coefficient (Wildman–Crippen LogP) is 3.99. The molecule has 0 aliphatic carbocycles. The summed E-state index contributed by atoms with van der Waals surface area (Å²) >= 11 is 0. The Labute approximate surface area is 168 Å². The van der Waals surface area contributed by atoms with Crippen molar-refractivity contribution in [2.45, 2.75) is 76.7 Å². The Kier molecular flexibility index (Phi) is 7.22. The second kappa shape index (κ2) is 9.31. The van der Waals surface area contributed by atoms with Crippen LogP contribution in [0.15, 0.2) is 17.1 Å². The third-order valence-corrected chi connectivity index (χ3v) is 6.41. The predicted molar refractivity (Wildman–Crippen MR) is 99.9 cm³/mol. The zero-order valence-electron chi connectivity index (χ0n) is 16.6. The van der Waals surface area contributed by atoms with E-state index < -0.39 is 37.9 Å². The van der Waals surface area contributed by atoms with Crippen molar-refractivity contribution < 1.29 is 31.7 Å². The highest BCUT2D eigenvalue weighted by molar-refractivity contribution is 7.48. The number of hydrogen-bond donors (Lipinski definition) is 0. The number of phosphoric acid groups is 1. The SMILES string of the molecule is CCCCCCCCOP1(=O)OC[C@H]2O[C@@H](n3ccc(C)nc3=O)C(F)(F)[C@@H]2O1. The second-order valence-electron chi connectivity index (χ2n) is 7.33. The van der Waals surface area contributed by atoms with Crippen molar-refractivity contribution in [3.05, 3.63) is 28.4 Å². The van der Waals surface area contributed by atoms with Gasteiger partial charge in [0.1, 0.15) is 6.10 Å². The standard InChI is InChI=1S/C18H27F2N2O6P/c1-3-4-5-6-7-8-11-25-29(24)26-12-14-15(28-29)18(19,20)16(27-14)22-10-9-13(2)21-17(22)23/h9-10,14-16H,3-8,11-12H2,1-2H3/t14-,15-,16-,29?/m1/s1. The molecule has 0 aromatic carbocycles. The number of unbranched alkanes of at least 4 members (excludes halogenated alkanes) is 5. The fourth-order valence-electron chi connectivity index (χ4n) is 3.37. The highest BCUT2D eigenvalue weighted by Gasteiger charge is 2.65. The number of fused-ring (bicyclic) bond motifs is 1. The minimum Gasteiger partial charge on any atom is -0.343 e. The highest BCUT2D eigenvalue weighted by atomic mass is 31.2. The molecule has 0 amide bonds. The van der Waals surface area contributed by atoms with Gasteiger partial charge in [-0.2, -0.15) is 13.8 Å². The molecule has 3 heterocycles. The normalized spacial score (nSPS) is 31.0. The Balaban J connectivity index is 1.60. The Morgan fingerprint density at radius 3 is 2.76 bits per heavy atom. The van der Waals surface area contributed by atoms with Gasteiger partial charge in [-0.3, -0.25) is 18.1 Å². The van der Waals surface area contributed by atoms with Crippen LogP contribution < -0.4 is 5.69 Å². The van der Waals surface area contributed by atoms with Crippen molar-refractivity contribution >= 4 is 7.82 Å². The monoisotopic (exact) mass is 436 g/mol. The van der Waals surface area contributed by atoms with Gasteiger partial charge in [0.2, 0.25) is 6.23 Å². The third kappa shape index (κ3) is 5.11. The summed E-state index contributed by atoms with van der Waals surface area (Å²) in [7, 11) is -4.13. The molecule has 1 unspecified atom stereocenters. The molecule has 11 heteroatoms. The summed E-state index contributed by atoms with van der Waals surface area (Å²) in [4.78, 5) is 15.7. The molecule has 1 aromatic rings. The molecule has 4 atom stereocenters. The lowest BCUT2D eigenvalue weighted by atomic mass is 10.1. The summed E-state index contributed by atoms with van der Waals surface area (Å²) in [5.74, 6) is -3.62. The molecular weight excluding hydrogens is 409 g/mol. The average molecular weight is 436 g/mol. The first kappa shape index (κ1) is 22.5. The Bertz CT molecular complexity index is 805. The maximum atomic E-state index is 14.9. The molecule has 29 heavy (non-hydrogen) atoms. The zero-order chi connectivity index (χ0) is 21.1. The first-order valence-corrected chi connectivity index (χ1v) is 11.4. The van der Waals surface area contributed by atoms with E-state index in [-0.39, 0.29) is 13.2 Å². The number of alkyl halides is 2. The summed E-state index contributed by atoms with van der Waals surface area (Å²) in [6.45, 7) is 3.42. The van der Waals surface area contributed by atoms with Crippen molar-refractivity contribution in [2.24, 2.45) is 0 Å². The third-order valence-electron chi connectivity index (χ3n) is 4.96. The number of rotatable bonds is 9. The number of aromatic nitrogens is 2. The molecule has 2 saturated heterocycles. The maximum absolute atomic E-state index is 14.9. The fourth-order valence-corrected chi connectivity index (χ4v) is 4.80. The zero-order valence-corrected chi connectivity index (χ0v) is 17.5. The smallest absolute Gasteiger partial charge is 0.343 e. The van der Waals surface area contributed by atoms with Gasteiger partial charge < -0.3 is 4.74 Å². The number of aryl methyl sites for hydroxylation is 1. The van der Waals surface area contributed by atoms with Crippen LogP contribution >= 0.6 is 7.82 Å². The van der Waals surface area contributed by atoms with Crippen LogP contribution in [0.2, 0.25) is 0 Å². The second-order valence-corrected chi connectivity index (χ2v) is 8.95. The van der Waals surface area contributed by atoms with E-state index in [0.717, 1.165) is 32.1 Å². The average Bonchev–Trinajstić information content (AvgIpc) is 2.91. The van der Waals surface area contributed by atoms with Gasteiger partial charge >= 0.3 is 19.4 Å². The van der Waals surface area contributed by atoms with Gasteiger partial charge in [-0.25, -0.2) is 9.36 Å². The molecule has 2 aliphatic heterocycles. The molecule has 1 aromatic heterocycles. The molecule has 0 radical (unpaired) electrons. The van der Waals surface area contributed by atoms with E-state index in [1.165, 1.54) is 12.3 Å². The minimum atomic E-state index is -4.13. The molecule has 0 bridgehead atoms. The van der Waals surface area contributed by atoms with Gasteiger partial charge in [0, 0.05) is 11.9 Å². The number of hydrogen-bond acceptors (Lipinski definition) is 7. The first-order valence-electron chi connectivity index (χ1n) is 9.93. The van der Waals surface area contributed by atoms with Crippen LogP contribution in [-0.4, -0.2) is 40.9 Å². The molecule has 2 fully saturated rings. The Morgan fingerprint density at radius 1 is 1.31 bits per heavy atom. The lowest BCUT2D eigenvalue weighted by Crippen LogP contribution is -2.45. The van der Waals surface area contributed by atoms with Gasteiger partial charge in [-0.05, 0) is 19.4 Å². The van der Waals surface area contributed by atoms with Gasteiger partial charge in [-0.1, -0.05) is 39.0 Å². The quantitative estimate of drug-likeness (QED) is 0.427. The van der Waals surface area contributed by atoms with E-state index in [1.807, 2.05) is 0 Å². The molecular formula is C18H27F2N2O6P. The van der Waals surface area contributed by atoms with Crippen LogP contribution in [0.25, 0.3) is 0 Å². The summed E-state index contributed by atoms with van der Waals surface area (Å²) in [5, 5.41) is 0. The van der Waals surface area contributed by atoms with Gasteiger partial charge in [0.15, 0.2) is 6.10 Å². The van der Waals surface area contributed by atoms with Gasteiger partial charge in [-0.15, -0.1) is 0 Å². The molecule has 0 spiro atoms. The van der Waals surface area contributed by atoms with E-state index in [2.05, 4.69) is 11.9 Å². The van der Waals surface area contributed by atoms with Crippen LogP contribution in [0.3, 0.4) is 0 Å². The molecule has 3 rings (SSSR count). The van der Waals surface area contributed by atoms with Crippen molar-refractivity contribution in [3.63, 3.8) is 0 Å².